The lowest BCUT2D eigenvalue weighted by Gasteiger charge is -1.94. The van der Waals surface area contributed by atoms with Gasteiger partial charge in [-0.3, -0.25) is 0 Å². The Kier molecular flexibility index (Phi) is 9.97. The molecule has 1 aromatic rings. The SMILES string of the molecule is Nc1ccccc1N.[F-].[F-].[F-]. The van der Waals surface area contributed by atoms with Gasteiger partial charge in [0.1, 0.15) is 0 Å². The summed E-state index contributed by atoms with van der Waals surface area (Å²) in [6, 6.07) is 7.25. The maximum Gasteiger partial charge on any atom is 0.0547 e. The molecule has 0 aromatic heterocycles. The molecule has 0 amide bonds. The Hall–Kier alpha value is -1.39. The molecule has 0 atom stereocenters. The normalized spacial score (nSPS) is 6.55. The predicted octanol–water partition coefficient (Wildman–Crippen LogP) is -8.14. The number of benzene rings is 1. The quantitative estimate of drug-likeness (QED) is 0.375. The molecule has 0 heterocycles. The molecule has 0 fully saturated rings. The topological polar surface area (TPSA) is 52.0 Å². The second-order valence-corrected chi connectivity index (χ2v) is 1.63. The van der Waals surface area contributed by atoms with E-state index in [1.807, 2.05) is 12.1 Å². The highest BCUT2D eigenvalue weighted by Crippen LogP contribution is 2.10. The van der Waals surface area contributed by atoms with Gasteiger partial charge in [-0.15, -0.1) is 0 Å². The second kappa shape index (κ2) is 6.73. The van der Waals surface area contributed by atoms with Gasteiger partial charge in [0.25, 0.3) is 0 Å². The predicted molar refractivity (Wildman–Crippen MR) is 35.3 cm³/mol. The fraction of sp³-hybridized carbons (Fsp3) is 0. The van der Waals surface area contributed by atoms with Crippen LogP contribution in [0.4, 0.5) is 11.4 Å². The van der Waals surface area contributed by atoms with E-state index in [1.165, 1.54) is 0 Å². The fourth-order valence-electron chi connectivity index (χ4n) is 0.511. The van der Waals surface area contributed by atoms with E-state index in [9.17, 15) is 0 Å². The summed E-state index contributed by atoms with van der Waals surface area (Å²) in [5.74, 6) is 0. The molecule has 1 aromatic carbocycles. The van der Waals surface area contributed by atoms with Gasteiger partial charge in [0, 0.05) is 0 Å². The van der Waals surface area contributed by atoms with Crippen molar-refractivity contribution in [3.63, 3.8) is 0 Å². The van der Waals surface area contributed by atoms with Gasteiger partial charge >= 0.3 is 0 Å². The van der Waals surface area contributed by atoms with E-state index in [-0.39, 0.29) is 14.1 Å². The molecule has 66 valence electrons. The van der Waals surface area contributed by atoms with Crippen LogP contribution in [0.15, 0.2) is 24.3 Å². The molecule has 1 rings (SSSR count). The van der Waals surface area contributed by atoms with Crippen molar-refractivity contribution in [3.05, 3.63) is 24.3 Å². The van der Waals surface area contributed by atoms with Crippen molar-refractivity contribution in [2.75, 3.05) is 11.5 Å². The lowest BCUT2D eigenvalue weighted by atomic mass is 10.3. The first-order valence-electron chi connectivity index (χ1n) is 2.40. The first-order valence-corrected chi connectivity index (χ1v) is 2.40. The number of para-hydroxylation sites is 2. The van der Waals surface area contributed by atoms with Gasteiger partial charge in [-0.25, -0.2) is 0 Å². The molecule has 4 N–H and O–H groups in total. The van der Waals surface area contributed by atoms with E-state index in [1.54, 1.807) is 12.1 Å². The average molecular weight is 165 g/mol. The van der Waals surface area contributed by atoms with Crippen LogP contribution in [0, 0.1) is 0 Å². The second-order valence-electron chi connectivity index (χ2n) is 1.63. The molecule has 0 unspecified atom stereocenters. The van der Waals surface area contributed by atoms with E-state index in [0.717, 1.165) is 0 Å². The summed E-state index contributed by atoms with van der Waals surface area (Å²) < 4.78 is 0. The summed E-state index contributed by atoms with van der Waals surface area (Å²) >= 11 is 0. The Morgan fingerprint density at radius 2 is 1.00 bits per heavy atom. The van der Waals surface area contributed by atoms with Gasteiger partial charge in [-0.05, 0) is 12.1 Å². The molecule has 0 saturated carbocycles. The minimum Gasteiger partial charge on any atom is -1.00 e. The molecule has 0 radical (unpaired) electrons. The van der Waals surface area contributed by atoms with Crippen LogP contribution >= 0.6 is 0 Å². The molecule has 0 bridgehead atoms. The highest BCUT2D eigenvalue weighted by atomic mass is 19.0. The van der Waals surface area contributed by atoms with Gasteiger partial charge < -0.3 is 25.6 Å². The Bertz CT molecular complexity index is 172. The van der Waals surface area contributed by atoms with Crippen molar-refractivity contribution >= 4 is 11.4 Å². The van der Waals surface area contributed by atoms with Crippen LogP contribution in [-0.4, -0.2) is 0 Å². The highest BCUT2D eigenvalue weighted by molar-refractivity contribution is 5.62. The lowest BCUT2D eigenvalue weighted by molar-refractivity contribution is -0.001000. The molecule has 11 heavy (non-hydrogen) atoms. The smallest absolute Gasteiger partial charge is 0.0547 e. The van der Waals surface area contributed by atoms with Gasteiger partial charge in [0.2, 0.25) is 0 Å². The number of hydrogen-bond acceptors (Lipinski definition) is 2. The Labute approximate surface area is 62.3 Å². The van der Waals surface area contributed by atoms with Crippen molar-refractivity contribution in [2.45, 2.75) is 0 Å². The van der Waals surface area contributed by atoms with E-state index in [0.29, 0.717) is 11.4 Å². The van der Waals surface area contributed by atoms with Gasteiger partial charge in [0.05, 0.1) is 11.4 Å². The van der Waals surface area contributed by atoms with Crippen LogP contribution < -0.4 is 25.6 Å². The zero-order valence-corrected chi connectivity index (χ0v) is 5.60. The van der Waals surface area contributed by atoms with Crippen molar-refractivity contribution < 1.29 is 14.1 Å². The minimum absolute atomic E-state index is 0. The largest absolute Gasteiger partial charge is 1.00 e. The monoisotopic (exact) mass is 165 g/mol. The molecule has 0 aliphatic heterocycles. The fourth-order valence-corrected chi connectivity index (χ4v) is 0.511. The summed E-state index contributed by atoms with van der Waals surface area (Å²) in [6.45, 7) is 0. The van der Waals surface area contributed by atoms with E-state index >= 15 is 0 Å². The first kappa shape index (κ1) is 16.3. The standard InChI is InChI=1S/C6H8N2.3FH/c7-5-3-1-2-4-6(5)8;;;/h1-4H,7-8H2;3*1H/p-3. The maximum atomic E-state index is 5.39. The van der Waals surface area contributed by atoms with Crippen LogP contribution in [-0.2, 0) is 0 Å². The molecular formula is C6H8F3N2-3. The third-order valence-corrected chi connectivity index (χ3v) is 0.996. The number of rotatable bonds is 0. The number of anilines is 2. The van der Waals surface area contributed by atoms with E-state index in [4.69, 9.17) is 11.5 Å². The average Bonchev–Trinajstić information content (AvgIpc) is 1.77. The first-order chi connectivity index (χ1) is 3.80. The van der Waals surface area contributed by atoms with Crippen molar-refractivity contribution in [1.82, 2.24) is 0 Å². The summed E-state index contributed by atoms with van der Waals surface area (Å²) in [5.41, 5.74) is 12.1. The molecule has 2 nitrogen and oxygen atoms in total. The summed E-state index contributed by atoms with van der Waals surface area (Å²) in [6.07, 6.45) is 0. The molecule has 0 aliphatic rings. The number of nitrogens with two attached hydrogens (primary N) is 2. The molecule has 0 aliphatic carbocycles. The van der Waals surface area contributed by atoms with Gasteiger partial charge in [-0.2, -0.15) is 0 Å². The minimum atomic E-state index is 0. The molecule has 0 spiro atoms. The third-order valence-electron chi connectivity index (χ3n) is 0.996. The Morgan fingerprint density at radius 3 is 1.18 bits per heavy atom. The Balaban J connectivity index is -0.000000213. The van der Waals surface area contributed by atoms with Crippen LogP contribution in [0.2, 0.25) is 0 Å². The van der Waals surface area contributed by atoms with Crippen molar-refractivity contribution in [1.29, 1.82) is 0 Å². The summed E-state index contributed by atoms with van der Waals surface area (Å²) in [7, 11) is 0. The molecule has 0 saturated heterocycles. The summed E-state index contributed by atoms with van der Waals surface area (Å²) in [5, 5.41) is 0. The zero-order chi connectivity index (χ0) is 5.98. The van der Waals surface area contributed by atoms with E-state index < -0.39 is 0 Å². The number of nitrogen functional groups attached to an aromatic ring is 2. The van der Waals surface area contributed by atoms with Crippen LogP contribution in [0.5, 0.6) is 0 Å². The Morgan fingerprint density at radius 1 is 0.727 bits per heavy atom. The van der Waals surface area contributed by atoms with E-state index in [2.05, 4.69) is 0 Å². The van der Waals surface area contributed by atoms with Crippen molar-refractivity contribution in [3.8, 4) is 0 Å². The van der Waals surface area contributed by atoms with Crippen LogP contribution in [0.25, 0.3) is 0 Å². The van der Waals surface area contributed by atoms with Crippen molar-refractivity contribution in [2.24, 2.45) is 0 Å². The van der Waals surface area contributed by atoms with Crippen LogP contribution in [0.1, 0.15) is 0 Å². The lowest BCUT2D eigenvalue weighted by Crippen LogP contribution is -3.00. The maximum absolute atomic E-state index is 5.39. The zero-order valence-electron chi connectivity index (χ0n) is 5.60. The highest BCUT2D eigenvalue weighted by Gasteiger charge is 1.85. The third kappa shape index (κ3) is 4.07. The van der Waals surface area contributed by atoms with Gasteiger partial charge in [0.15, 0.2) is 0 Å². The van der Waals surface area contributed by atoms with Crippen LogP contribution in [0.3, 0.4) is 0 Å². The van der Waals surface area contributed by atoms with Gasteiger partial charge in [-0.1, -0.05) is 12.1 Å². The number of hydrogen-bond donors (Lipinski definition) is 2. The molecular weight excluding hydrogens is 157 g/mol. The molecule has 5 heteroatoms. The number of halogens is 3. The summed E-state index contributed by atoms with van der Waals surface area (Å²) in [4.78, 5) is 0.